The first-order valence-corrected chi connectivity index (χ1v) is 8.59. The van der Waals surface area contributed by atoms with Crippen LogP contribution in [-0.4, -0.2) is 48.0 Å². The van der Waals surface area contributed by atoms with Crippen molar-refractivity contribution in [2.24, 2.45) is 11.8 Å². The zero-order valence-electron chi connectivity index (χ0n) is 14.5. The number of hydrogen-bond donors (Lipinski definition) is 1. The normalized spacial score (nSPS) is 17.5. The van der Waals surface area contributed by atoms with E-state index in [-0.39, 0.29) is 24.2 Å². The third kappa shape index (κ3) is 5.92. The summed E-state index contributed by atoms with van der Waals surface area (Å²) in [5, 5.41) is 2.90. The minimum Gasteiger partial charge on any atom is -0.381 e. The Labute approximate surface area is 143 Å². The van der Waals surface area contributed by atoms with Crippen LogP contribution in [0.4, 0.5) is 0 Å². The number of nitrogens with one attached hydrogen (secondary N) is 1. The van der Waals surface area contributed by atoms with Gasteiger partial charge in [0.15, 0.2) is 0 Å². The number of amides is 2. The topological polar surface area (TPSA) is 71.5 Å². The molecular weight excluding hydrogens is 306 g/mol. The van der Waals surface area contributed by atoms with Gasteiger partial charge in [-0.2, -0.15) is 0 Å². The summed E-state index contributed by atoms with van der Waals surface area (Å²) >= 11 is 0. The highest BCUT2D eigenvalue weighted by atomic mass is 16.5. The van der Waals surface area contributed by atoms with Gasteiger partial charge in [-0.1, -0.05) is 19.9 Å². The maximum Gasteiger partial charge on any atom is 0.225 e. The molecule has 1 atom stereocenters. The smallest absolute Gasteiger partial charge is 0.225 e. The zero-order valence-corrected chi connectivity index (χ0v) is 14.5. The average molecular weight is 333 g/mol. The molecule has 2 amide bonds. The van der Waals surface area contributed by atoms with E-state index in [2.05, 4.69) is 24.1 Å². The molecule has 0 saturated carbocycles. The van der Waals surface area contributed by atoms with Crippen LogP contribution in [0.2, 0.25) is 0 Å². The van der Waals surface area contributed by atoms with Gasteiger partial charge in [0.05, 0.1) is 18.2 Å². The summed E-state index contributed by atoms with van der Waals surface area (Å²) in [6.07, 6.45) is 2.78. The van der Waals surface area contributed by atoms with Gasteiger partial charge in [0, 0.05) is 38.9 Å². The van der Waals surface area contributed by atoms with E-state index in [1.807, 2.05) is 18.2 Å². The molecule has 1 aliphatic heterocycles. The lowest BCUT2D eigenvalue weighted by Crippen LogP contribution is -2.33. The summed E-state index contributed by atoms with van der Waals surface area (Å²) in [6, 6.07) is 5.63. The van der Waals surface area contributed by atoms with E-state index in [1.165, 1.54) is 0 Å². The van der Waals surface area contributed by atoms with Gasteiger partial charge >= 0.3 is 0 Å². The molecule has 1 saturated heterocycles. The lowest BCUT2D eigenvalue weighted by Gasteiger charge is -2.16. The molecule has 24 heavy (non-hydrogen) atoms. The van der Waals surface area contributed by atoms with Crippen molar-refractivity contribution >= 4 is 11.8 Å². The summed E-state index contributed by atoms with van der Waals surface area (Å²) in [4.78, 5) is 30.2. The molecule has 0 aromatic carbocycles. The number of carbonyl (C=O) groups is 2. The molecule has 2 heterocycles. The molecule has 1 aliphatic rings. The van der Waals surface area contributed by atoms with Crippen LogP contribution in [0, 0.1) is 11.8 Å². The standard InChI is InChI=1S/C18H27N3O3/c1-14(2)13-24-9-5-8-20-18(23)15-10-17(22)21(11-15)12-16-6-3-4-7-19-16/h3-4,6-7,14-15H,5,8-13H2,1-2H3,(H,20,23)/t15-/m1/s1. The number of ether oxygens (including phenoxy) is 1. The molecule has 1 aromatic heterocycles. The molecular formula is C18H27N3O3. The van der Waals surface area contributed by atoms with E-state index in [0.717, 1.165) is 18.7 Å². The minimum absolute atomic E-state index is 0.0149. The molecule has 0 unspecified atom stereocenters. The monoisotopic (exact) mass is 333 g/mol. The summed E-state index contributed by atoms with van der Waals surface area (Å²) in [6.45, 7) is 7.12. The Morgan fingerprint density at radius 2 is 2.29 bits per heavy atom. The lowest BCUT2D eigenvalue weighted by molar-refractivity contribution is -0.129. The Bertz CT molecular complexity index is 534. The van der Waals surface area contributed by atoms with Crippen LogP contribution < -0.4 is 5.32 Å². The number of aromatic nitrogens is 1. The van der Waals surface area contributed by atoms with Crippen LogP contribution in [0.15, 0.2) is 24.4 Å². The fraction of sp³-hybridized carbons (Fsp3) is 0.611. The highest BCUT2D eigenvalue weighted by Gasteiger charge is 2.34. The minimum atomic E-state index is -0.266. The predicted molar refractivity (Wildman–Crippen MR) is 91.0 cm³/mol. The van der Waals surface area contributed by atoms with Crippen LogP contribution in [-0.2, 0) is 20.9 Å². The first-order chi connectivity index (χ1) is 11.6. The molecule has 0 radical (unpaired) electrons. The van der Waals surface area contributed by atoms with Crippen molar-refractivity contribution in [3.8, 4) is 0 Å². The molecule has 6 heteroatoms. The van der Waals surface area contributed by atoms with Gasteiger partial charge in [0.2, 0.25) is 11.8 Å². The quantitative estimate of drug-likeness (QED) is 0.697. The number of pyridine rings is 1. The van der Waals surface area contributed by atoms with Gasteiger partial charge in [-0.3, -0.25) is 14.6 Å². The number of carbonyl (C=O) groups excluding carboxylic acids is 2. The van der Waals surface area contributed by atoms with Crippen molar-refractivity contribution in [1.82, 2.24) is 15.2 Å². The Hall–Kier alpha value is -1.95. The molecule has 0 aliphatic carbocycles. The van der Waals surface area contributed by atoms with E-state index < -0.39 is 0 Å². The van der Waals surface area contributed by atoms with E-state index in [0.29, 0.717) is 32.2 Å². The molecule has 6 nitrogen and oxygen atoms in total. The van der Waals surface area contributed by atoms with Crippen molar-refractivity contribution in [2.75, 3.05) is 26.3 Å². The fourth-order valence-electron chi connectivity index (χ4n) is 2.64. The van der Waals surface area contributed by atoms with E-state index in [4.69, 9.17) is 4.74 Å². The molecule has 0 spiro atoms. The largest absolute Gasteiger partial charge is 0.381 e. The van der Waals surface area contributed by atoms with E-state index in [9.17, 15) is 9.59 Å². The molecule has 132 valence electrons. The second kappa shape index (κ2) is 9.37. The number of rotatable bonds is 9. The first-order valence-electron chi connectivity index (χ1n) is 8.59. The molecule has 1 N–H and O–H groups in total. The van der Waals surface area contributed by atoms with Crippen LogP contribution in [0.25, 0.3) is 0 Å². The van der Waals surface area contributed by atoms with Gasteiger partial charge in [-0.15, -0.1) is 0 Å². The van der Waals surface area contributed by atoms with E-state index in [1.54, 1.807) is 11.1 Å². The van der Waals surface area contributed by atoms with Crippen molar-refractivity contribution in [3.05, 3.63) is 30.1 Å². The molecule has 1 fully saturated rings. The SMILES string of the molecule is CC(C)COCCCNC(=O)[C@@H]1CC(=O)N(Cc2ccccn2)C1. The van der Waals surface area contributed by atoms with Crippen molar-refractivity contribution in [3.63, 3.8) is 0 Å². The van der Waals surface area contributed by atoms with Crippen LogP contribution in [0.1, 0.15) is 32.4 Å². The summed E-state index contributed by atoms with van der Waals surface area (Å²) in [5.74, 6) is 0.226. The molecule has 1 aromatic rings. The average Bonchev–Trinajstić information content (AvgIpc) is 2.92. The Balaban J connectivity index is 1.67. The number of hydrogen-bond acceptors (Lipinski definition) is 4. The second-order valence-electron chi connectivity index (χ2n) is 6.61. The summed E-state index contributed by atoms with van der Waals surface area (Å²) in [5.41, 5.74) is 0.842. The zero-order chi connectivity index (χ0) is 17.4. The highest BCUT2D eigenvalue weighted by Crippen LogP contribution is 2.19. The number of likely N-dealkylation sites (tertiary alicyclic amines) is 1. The van der Waals surface area contributed by atoms with Crippen molar-refractivity contribution < 1.29 is 14.3 Å². The van der Waals surface area contributed by atoms with E-state index >= 15 is 0 Å². The molecule has 2 rings (SSSR count). The van der Waals surface area contributed by atoms with Gasteiger partial charge < -0.3 is 15.0 Å². The maximum atomic E-state index is 12.2. The lowest BCUT2D eigenvalue weighted by atomic mass is 10.1. The van der Waals surface area contributed by atoms with Crippen LogP contribution in [0.3, 0.4) is 0 Å². The highest BCUT2D eigenvalue weighted by molar-refractivity contribution is 5.89. The third-order valence-electron chi connectivity index (χ3n) is 3.88. The van der Waals surface area contributed by atoms with Crippen molar-refractivity contribution in [2.45, 2.75) is 33.2 Å². The Kier molecular flexibility index (Phi) is 7.18. The second-order valence-corrected chi connectivity index (χ2v) is 6.61. The molecule has 0 bridgehead atoms. The Morgan fingerprint density at radius 3 is 3.00 bits per heavy atom. The van der Waals surface area contributed by atoms with Gasteiger partial charge in [-0.25, -0.2) is 0 Å². The van der Waals surface area contributed by atoms with Gasteiger partial charge in [0.1, 0.15) is 0 Å². The fourth-order valence-corrected chi connectivity index (χ4v) is 2.64. The van der Waals surface area contributed by atoms with Crippen LogP contribution >= 0.6 is 0 Å². The van der Waals surface area contributed by atoms with Gasteiger partial charge in [0.25, 0.3) is 0 Å². The van der Waals surface area contributed by atoms with Gasteiger partial charge in [-0.05, 0) is 24.5 Å². The number of nitrogens with zero attached hydrogens (tertiary/aromatic N) is 2. The summed E-state index contributed by atoms with van der Waals surface area (Å²) < 4.78 is 5.48. The predicted octanol–water partition coefficient (Wildman–Crippen LogP) is 1.61. The maximum absolute atomic E-state index is 12.2. The first kappa shape index (κ1) is 18.4. The Morgan fingerprint density at radius 1 is 1.46 bits per heavy atom. The summed E-state index contributed by atoms with van der Waals surface area (Å²) in [7, 11) is 0. The van der Waals surface area contributed by atoms with Crippen LogP contribution in [0.5, 0.6) is 0 Å². The third-order valence-corrected chi connectivity index (χ3v) is 3.88. The van der Waals surface area contributed by atoms with Crippen molar-refractivity contribution in [1.29, 1.82) is 0 Å².